The molecule has 5 aliphatic rings. The van der Waals surface area contributed by atoms with Gasteiger partial charge in [-0.15, -0.1) is 5.92 Å². The third kappa shape index (κ3) is 11.2. The molecule has 0 spiro atoms. The lowest BCUT2D eigenvalue weighted by Gasteiger charge is -2.52. The lowest BCUT2D eigenvalue weighted by molar-refractivity contribution is -0.120. The van der Waals surface area contributed by atoms with Crippen LogP contribution in [0.1, 0.15) is 136 Å². The van der Waals surface area contributed by atoms with Crippen molar-refractivity contribution >= 4 is 23.6 Å². The Morgan fingerprint density at radius 3 is 2.53 bits per heavy atom. The Labute approximate surface area is 391 Å². The van der Waals surface area contributed by atoms with Gasteiger partial charge >= 0.3 is 6.09 Å². The molecular formula is C54H73N3O9. The number of unbranched alkanes of at least 4 members (excludes halogenated alkanes) is 4. The van der Waals surface area contributed by atoms with Gasteiger partial charge in [-0.2, -0.15) is 0 Å². The lowest BCUT2D eigenvalue weighted by Crippen LogP contribution is -2.50. The fraction of sp³-hybridized carbons (Fsp3) is 0.593. The first kappa shape index (κ1) is 50.5. The molecule has 4 aliphatic carbocycles. The lowest BCUT2D eigenvalue weighted by atomic mass is 9.53. The number of hydrogen-bond donors (Lipinski definition) is 6. The van der Waals surface area contributed by atoms with E-state index in [0.717, 1.165) is 57.8 Å². The number of aliphatic hydroxyl groups excluding tert-OH is 1. The number of aryl methyl sites for hydroxylation is 1. The standard InChI is InChI=1S/C54H73N3O9/c1-32-27-42-47(56-26-13-11-9-8-10-12-23-54(64)25-22-43-41-19-17-37-30-38(58)18-20-39(37)40(41)21-24-53(43,54)6)45(59)31-44(49(42)61)57-51(62)34(3)16-14-15-33(2)50(66-52(55)63)36(5)29-35(4)48(60)46(28-32)65-7/h14-16,18,20,29-33,35,40-41,43,46,48,50,56,58,60,64H,8-11,13,17,19,21-22,24-28H2,1-7H3,(H2,55,63)(H,57,62)/b15-14-,34-16+,36-29+/t32-,33+,35+,40?,41?,43?,46+,48-,50?,53+,54+/m1/s1. The van der Waals surface area contributed by atoms with E-state index < -0.39 is 53.4 Å². The molecule has 2 fully saturated rings. The maximum atomic E-state index is 14.1. The molecule has 12 heteroatoms. The number of primary amides is 1. The normalized spacial score (nSPS) is 35.0. The minimum atomic E-state index is -0.989. The van der Waals surface area contributed by atoms with E-state index in [-0.39, 0.29) is 40.6 Å². The largest absolute Gasteiger partial charge is 0.508 e. The maximum Gasteiger partial charge on any atom is 0.405 e. The molecular weight excluding hydrogens is 835 g/mol. The summed E-state index contributed by atoms with van der Waals surface area (Å²) in [5.74, 6) is 6.15. The molecule has 358 valence electrons. The fourth-order valence-electron chi connectivity index (χ4n) is 11.7. The van der Waals surface area contributed by atoms with Gasteiger partial charge in [0.2, 0.25) is 11.6 Å². The van der Waals surface area contributed by atoms with Gasteiger partial charge in [-0.1, -0.05) is 76.8 Å². The number of aromatic hydroxyl groups is 1. The molecule has 66 heavy (non-hydrogen) atoms. The number of phenolic OH excluding ortho intramolecular Hbond substituents is 1. The van der Waals surface area contributed by atoms with Gasteiger partial charge in [0.15, 0.2) is 0 Å². The minimum absolute atomic E-state index is 0.102. The highest BCUT2D eigenvalue weighted by molar-refractivity contribution is 6.23. The van der Waals surface area contributed by atoms with Crippen molar-refractivity contribution < 1.29 is 44.0 Å². The molecule has 1 heterocycles. The van der Waals surface area contributed by atoms with E-state index >= 15 is 0 Å². The third-order valence-electron chi connectivity index (χ3n) is 15.5. The zero-order valence-electron chi connectivity index (χ0n) is 40.1. The molecule has 12 nitrogen and oxygen atoms in total. The molecule has 1 aromatic carbocycles. The second-order valence-electron chi connectivity index (χ2n) is 20.1. The van der Waals surface area contributed by atoms with Gasteiger partial charge in [-0.25, -0.2) is 4.79 Å². The molecule has 2 bridgehead atoms. The highest BCUT2D eigenvalue weighted by Gasteiger charge is 2.61. The summed E-state index contributed by atoms with van der Waals surface area (Å²) in [6.45, 7) is 11.8. The number of amides is 2. The quantitative estimate of drug-likeness (QED) is 0.0613. The van der Waals surface area contributed by atoms with Gasteiger partial charge in [0.1, 0.15) is 17.5 Å². The molecule has 6 rings (SSSR count). The van der Waals surface area contributed by atoms with Crippen LogP contribution in [0.4, 0.5) is 4.79 Å². The summed E-state index contributed by atoms with van der Waals surface area (Å²) in [6.07, 6.45) is 15.2. The van der Waals surface area contributed by atoms with E-state index in [4.69, 9.17) is 15.2 Å². The molecule has 0 saturated heterocycles. The maximum absolute atomic E-state index is 14.1. The number of ether oxygens (including phenoxy) is 2. The Balaban J connectivity index is 1.07. The van der Waals surface area contributed by atoms with Crippen molar-refractivity contribution in [2.24, 2.45) is 40.7 Å². The van der Waals surface area contributed by atoms with E-state index in [2.05, 4.69) is 35.5 Å². The summed E-state index contributed by atoms with van der Waals surface area (Å²) in [7, 11) is 1.52. The minimum Gasteiger partial charge on any atom is -0.508 e. The monoisotopic (exact) mass is 908 g/mol. The number of carbonyl (C=O) groups excluding carboxylic acids is 4. The predicted molar refractivity (Wildman–Crippen MR) is 254 cm³/mol. The Morgan fingerprint density at radius 2 is 1.79 bits per heavy atom. The van der Waals surface area contributed by atoms with Crippen LogP contribution in [-0.2, 0) is 30.3 Å². The predicted octanol–water partition coefficient (Wildman–Crippen LogP) is 7.92. The number of nitrogens with two attached hydrogens (primary N) is 1. The second-order valence-corrected chi connectivity index (χ2v) is 20.1. The smallest absolute Gasteiger partial charge is 0.405 e. The number of carbonyl (C=O) groups is 4. The Hall–Kier alpha value is -4.96. The highest BCUT2D eigenvalue weighted by Crippen LogP contribution is 2.64. The number of nitrogens with one attached hydrogen (secondary N) is 2. The van der Waals surface area contributed by atoms with Gasteiger partial charge in [0.05, 0.1) is 23.6 Å². The topological polar surface area (TPSA) is 198 Å². The summed E-state index contributed by atoms with van der Waals surface area (Å²) in [5, 5.41) is 39.5. The molecule has 1 aromatic rings. The molecule has 7 N–H and O–H groups in total. The van der Waals surface area contributed by atoms with E-state index in [1.807, 2.05) is 45.9 Å². The number of allylic oxidation sites excluding steroid dienone is 4. The first-order valence-electron chi connectivity index (χ1n) is 24.2. The molecule has 2 amide bonds. The fourth-order valence-corrected chi connectivity index (χ4v) is 11.7. The Kier molecular flexibility index (Phi) is 16.6. The average Bonchev–Trinajstić information content (AvgIpc) is 3.54. The number of aliphatic hydroxyl groups is 2. The van der Waals surface area contributed by atoms with Crippen LogP contribution in [0.2, 0.25) is 0 Å². The summed E-state index contributed by atoms with van der Waals surface area (Å²) < 4.78 is 11.3. The van der Waals surface area contributed by atoms with Crippen LogP contribution in [0.5, 0.6) is 5.75 Å². The molecule has 2 saturated carbocycles. The number of phenols is 1. The van der Waals surface area contributed by atoms with Crippen LogP contribution in [0.3, 0.4) is 0 Å². The van der Waals surface area contributed by atoms with Gasteiger partial charge in [-0.3, -0.25) is 14.4 Å². The van der Waals surface area contributed by atoms with E-state index in [1.165, 1.54) is 24.3 Å². The number of methoxy groups -OCH3 is 1. The van der Waals surface area contributed by atoms with Crippen molar-refractivity contribution in [3.63, 3.8) is 0 Å². The molecule has 11 atom stereocenters. The van der Waals surface area contributed by atoms with Gasteiger partial charge < -0.3 is 41.2 Å². The molecule has 0 aromatic heterocycles. The Bertz CT molecular complexity index is 2230. The number of hydrogen-bond acceptors (Lipinski definition) is 10. The van der Waals surface area contributed by atoms with Gasteiger partial charge in [0.25, 0.3) is 5.91 Å². The van der Waals surface area contributed by atoms with Crippen molar-refractivity contribution in [1.82, 2.24) is 10.6 Å². The van der Waals surface area contributed by atoms with Crippen LogP contribution in [0.25, 0.3) is 0 Å². The first-order chi connectivity index (χ1) is 31.4. The second kappa shape index (κ2) is 21.8. The van der Waals surface area contributed by atoms with Crippen molar-refractivity contribution in [1.29, 1.82) is 0 Å². The van der Waals surface area contributed by atoms with Crippen molar-refractivity contribution in [2.75, 3.05) is 13.7 Å². The summed E-state index contributed by atoms with van der Waals surface area (Å²) >= 11 is 0. The van der Waals surface area contributed by atoms with Crippen molar-refractivity contribution in [3.05, 3.63) is 87.8 Å². The van der Waals surface area contributed by atoms with Crippen molar-refractivity contribution in [3.8, 4) is 17.6 Å². The van der Waals surface area contributed by atoms with E-state index in [1.54, 1.807) is 25.2 Å². The van der Waals surface area contributed by atoms with E-state index in [9.17, 15) is 34.5 Å². The zero-order chi connectivity index (χ0) is 47.9. The van der Waals surface area contributed by atoms with Crippen LogP contribution < -0.4 is 16.4 Å². The highest BCUT2D eigenvalue weighted by atomic mass is 16.6. The van der Waals surface area contributed by atoms with Crippen LogP contribution >= 0.6 is 0 Å². The number of benzene rings is 1. The summed E-state index contributed by atoms with van der Waals surface area (Å²) in [6, 6.07) is 5.86. The van der Waals surface area contributed by atoms with E-state index in [0.29, 0.717) is 60.5 Å². The van der Waals surface area contributed by atoms with Crippen LogP contribution in [-0.4, -0.2) is 76.5 Å². The molecule has 0 radical (unpaired) electrons. The number of fused-ring (bicyclic) bond motifs is 7. The Morgan fingerprint density at radius 1 is 1.03 bits per heavy atom. The number of rotatable bonds is 9. The third-order valence-corrected chi connectivity index (χ3v) is 15.5. The number of ketones is 2. The summed E-state index contributed by atoms with van der Waals surface area (Å²) in [4.78, 5) is 53.0. The van der Waals surface area contributed by atoms with Gasteiger partial charge in [-0.05, 0) is 131 Å². The van der Waals surface area contributed by atoms with Gasteiger partial charge in [0, 0.05) is 54.5 Å². The first-order valence-corrected chi connectivity index (χ1v) is 24.2. The molecule has 4 unspecified atom stereocenters. The zero-order valence-corrected chi connectivity index (χ0v) is 40.1. The SMILES string of the molecule is CO[C@H]1C[C@H](C)CC2=C(NCCCCCCC#C[C@]3(O)CCC4C5CCc6cc(O)ccc6C5CC[C@@]43C)C(=O)C=C(NC(=O)/C(C)=C/C=C\[C@H](C)C(OC(N)=O)/C(C)=C/[C@H](C)[C@H]1O)C2=O. The molecule has 1 aliphatic heterocycles. The van der Waals surface area contributed by atoms with Crippen LogP contribution in [0.15, 0.2) is 76.7 Å². The van der Waals surface area contributed by atoms with Crippen molar-refractivity contribution in [2.45, 2.75) is 155 Å². The average molecular weight is 908 g/mol. The number of Topliss-reactive ketones (excluding diaryl/α,β-unsaturated/α-hetero) is 1. The van der Waals surface area contributed by atoms with Crippen LogP contribution in [0, 0.1) is 46.8 Å². The summed E-state index contributed by atoms with van der Waals surface area (Å²) in [5.41, 5.74) is 8.23.